The number of hydrogen-bond acceptors (Lipinski definition) is 5. The summed E-state index contributed by atoms with van der Waals surface area (Å²) in [5.41, 5.74) is 7.32. The SMILES string of the molecule is CC(C)(C#N)c1ccc(-c2n[nH]c3cnc4ccc(-c5cnn(Cc6ccncc6)c5)cc4c23)cc1. The predicted molar refractivity (Wildman–Crippen MR) is 140 cm³/mol. The summed E-state index contributed by atoms with van der Waals surface area (Å²) in [5, 5.41) is 23.9. The number of fused-ring (bicyclic) bond motifs is 3. The molecule has 0 bridgehead atoms. The number of hydrogen-bond donors (Lipinski definition) is 1. The number of H-pyrrole nitrogens is 1. The van der Waals surface area contributed by atoms with Gasteiger partial charge in [0.25, 0.3) is 0 Å². The summed E-state index contributed by atoms with van der Waals surface area (Å²) in [6, 6.07) is 20.7. The second-order valence-electron chi connectivity index (χ2n) is 9.45. The summed E-state index contributed by atoms with van der Waals surface area (Å²) in [4.78, 5) is 8.72. The van der Waals surface area contributed by atoms with E-state index < -0.39 is 5.41 Å². The van der Waals surface area contributed by atoms with Crippen molar-refractivity contribution in [1.82, 2.24) is 29.9 Å². The molecule has 6 rings (SSSR count). The van der Waals surface area contributed by atoms with E-state index in [9.17, 15) is 5.26 Å². The number of nitriles is 1. The van der Waals surface area contributed by atoms with Crippen molar-refractivity contribution in [1.29, 1.82) is 5.26 Å². The highest BCUT2D eigenvalue weighted by molar-refractivity contribution is 6.11. The van der Waals surface area contributed by atoms with E-state index in [2.05, 4.69) is 49.7 Å². The van der Waals surface area contributed by atoms with Crippen LogP contribution in [0.4, 0.5) is 0 Å². The molecule has 4 heterocycles. The van der Waals surface area contributed by atoms with Crippen molar-refractivity contribution in [3.05, 3.63) is 96.7 Å². The lowest BCUT2D eigenvalue weighted by Crippen LogP contribution is -2.13. The Balaban J connectivity index is 1.41. The maximum absolute atomic E-state index is 9.47. The molecule has 0 spiro atoms. The molecule has 0 saturated heterocycles. The van der Waals surface area contributed by atoms with E-state index in [4.69, 9.17) is 0 Å². The van der Waals surface area contributed by atoms with Gasteiger partial charge in [0.2, 0.25) is 0 Å². The third-order valence-electron chi connectivity index (χ3n) is 6.61. The van der Waals surface area contributed by atoms with Crippen molar-refractivity contribution in [3.63, 3.8) is 0 Å². The van der Waals surface area contributed by atoms with Gasteiger partial charge in [-0.25, -0.2) is 0 Å². The fraction of sp³-hybridized carbons (Fsp3) is 0.138. The van der Waals surface area contributed by atoms with Gasteiger partial charge in [-0.3, -0.25) is 19.7 Å². The van der Waals surface area contributed by atoms with E-state index in [1.165, 1.54) is 0 Å². The fourth-order valence-electron chi connectivity index (χ4n) is 4.48. The molecule has 174 valence electrons. The molecule has 1 N–H and O–H groups in total. The smallest absolute Gasteiger partial charge is 0.101 e. The molecule has 0 fully saturated rings. The Morgan fingerprint density at radius 3 is 2.50 bits per heavy atom. The molecular formula is C29H23N7. The highest BCUT2D eigenvalue weighted by atomic mass is 15.3. The van der Waals surface area contributed by atoms with Gasteiger partial charge < -0.3 is 0 Å². The van der Waals surface area contributed by atoms with E-state index in [-0.39, 0.29) is 0 Å². The molecule has 7 heteroatoms. The molecule has 4 aromatic heterocycles. The average Bonchev–Trinajstić information content (AvgIpc) is 3.57. The Morgan fingerprint density at radius 2 is 1.72 bits per heavy atom. The van der Waals surface area contributed by atoms with Crippen LogP contribution in [0, 0.1) is 11.3 Å². The van der Waals surface area contributed by atoms with Crippen LogP contribution in [0.25, 0.3) is 44.2 Å². The van der Waals surface area contributed by atoms with Gasteiger partial charge in [-0.2, -0.15) is 15.5 Å². The predicted octanol–water partition coefficient (Wildman–Crippen LogP) is 5.89. The lowest BCUT2D eigenvalue weighted by molar-refractivity contribution is 0.686. The number of rotatable bonds is 5. The summed E-state index contributed by atoms with van der Waals surface area (Å²) >= 11 is 0. The van der Waals surface area contributed by atoms with E-state index in [0.29, 0.717) is 6.54 Å². The van der Waals surface area contributed by atoms with Gasteiger partial charge in [0.05, 0.1) is 41.5 Å². The van der Waals surface area contributed by atoms with Crippen molar-refractivity contribution in [2.75, 3.05) is 0 Å². The first-order valence-electron chi connectivity index (χ1n) is 11.7. The quantitative estimate of drug-likeness (QED) is 0.340. The zero-order chi connectivity index (χ0) is 24.7. The molecule has 0 aliphatic rings. The van der Waals surface area contributed by atoms with Crippen LogP contribution in [0.3, 0.4) is 0 Å². The third-order valence-corrected chi connectivity index (χ3v) is 6.61. The van der Waals surface area contributed by atoms with Gasteiger partial charge in [-0.15, -0.1) is 0 Å². The molecule has 0 saturated carbocycles. The fourth-order valence-corrected chi connectivity index (χ4v) is 4.48. The Hall–Kier alpha value is -4.83. The molecule has 0 aliphatic carbocycles. The Labute approximate surface area is 208 Å². The highest BCUT2D eigenvalue weighted by Crippen LogP contribution is 2.35. The van der Waals surface area contributed by atoms with Crippen molar-refractivity contribution in [2.45, 2.75) is 25.8 Å². The van der Waals surface area contributed by atoms with Crippen LogP contribution >= 0.6 is 0 Å². The van der Waals surface area contributed by atoms with Gasteiger partial charge in [0.15, 0.2) is 0 Å². The summed E-state index contributed by atoms with van der Waals surface area (Å²) < 4.78 is 1.93. The standard InChI is InChI=1S/C29H23N7/c1-29(2,18-30)23-6-3-20(4-7-23)28-27-24-13-21(5-8-25(24)32-15-26(27)34-35-28)22-14-33-36(17-22)16-19-9-11-31-12-10-19/h3-15,17H,16H2,1-2H3,(H,34,35). The molecule has 0 amide bonds. The summed E-state index contributed by atoms with van der Waals surface area (Å²) in [6.45, 7) is 4.53. The van der Waals surface area contributed by atoms with E-state index in [0.717, 1.165) is 55.3 Å². The molecule has 7 nitrogen and oxygen atoms in total. The van der Waals surface area contributed by atoms with E-state index in [1.54, 1.807) is 12.4 Å². The van der Waals surface area contributed by atoms with Crippen LogP contribution in [0.5, 0.6) is 0 Å². The number of aromatic nitrogens is 6. The molecule has 0 aliphatic heterocycles. The van der Waals surface area contributed by atoms with Gasteiger partial charge in [0, 0.05) is 40.5 Å². The molecule has 0 unspecified atom stereocenters. The third kappa shape index (κ3) is 3.79. The van der Waals surface area contributed by atoms with Crippen molar-refractivity contribution < 1.29 is 0 Å². The topological polar surface area (TPSA) is 96.1 Å². The van der Waals surface area contributed by atoms with Gasteiger partial charge in [-0.05, 0) is 54.8 Å². The van der Waals surface area contributed by atoms with E-state index in [1.807, 2.05) is 73.4 Å². The summed E-state index contributed by atoms with van der Waals surface area (Å²) in [6.07, 6.45) is 9.36. The minimum atomic E-state index is -0.542. The zero-order valence-electron chi connectivity index (χ0n) is 20.0. The molecule has 0 radical (unpaired) electrons. The lowest BCUT2D eigenvalue weighted by atomic mass is 9.86. The lowest BCUT2D eigenvalue weighted by Gasteiger charge is -2.15. The molecule has 0 atom stereocenters. The minimum Gasteiger partial charge on any atom is -0.276 e. The number of aromatic amines is 1. The van der Waals surface area contributed by atoms with E-state index >= 15 is 0 Å². The van der Waals surface area contributed by atoms with Crippen LogP contribution in [0.15, 0.2) is 85.6 Å². The van der Waals surface area contributed by atoms with Crippen LogP contribution in [-0.4, -0.2) is 29.9 Å². The number of pyridine rings is 2. The second-order valence-corrected chi connectivity index (χ2v) is 9.45. The normalized spacial score (nSPS) is 11.7. The maximum atomic E-state index is 9.47. The van der Waals surface area contributed by atoms with Crippen LogP contribution in [-0.2, 0) is 12.0 Å². The molecule has 36 heavy (non-hydrogen) atoms. The van der Waals surface area contributed by atoms with Crippen LogP contribution < -0.4 is 0 Å². The summed E-state index contributed by atoms with van der Waals surface area (Å²) in [5.74, 6) is 0. The van der Waals surface area contributed by atoms with Gasteiger partial charge >= 0.3 is 0 Å². The Kier molecular flexibility index (Phi) is 5.08. The van der Waals surface area contributed by atoms with Crippen LogP contribution in [0.2, 0.25) is 0 Å². The zero-order valence-corrected chi connectivity index (χ0v) is 20.0. The molecule has 6 aromatic rings. The van der Waals surface area contributed by atoms with Crippen molar-refractivity contribution in [2.24, 2.45) is 0 Å². The summed E-state index contributed by atoms with van der Waals surface area (Å²) in [7, 11) is 0. The van der Waals surface area contributed by atoms with Gasteiger partial charge in [-0.1, -0.05) is 30.3 Å². The second kappa shape index (κ2) is 8.43. The first-order valence-corrected chi connectivity index (χ1v) is 11.7. The first kappa shape index (κ1) is 21.7. The monoisotopic (exact) mass is 469 g/mol. The minimum absolute atomic E-state index is 0.542. The number of nitrogens with zero attached hydrogens (tertiary/aromatic N) is 6. The van der Waals surface area contributed by atoms with Gasteiger partial charge in [0.1, 0.15) is 5.69 Å². The number of benzene rings is 2. The van der Waals surface area contributed by atoms with Crippen LogP contribution in [0.1, 0.15) is 25.0 Å². The average molecular weight is 470 g/mol. The van der Waals surface area contributed by atoms with Crippen molar-refractivity contribution >= 4 is 21.8 Å². The molecular weight excluding hydrogens is 446 g/mol. The first-order chi connectivity index (χ1) is 17.5. The molecule has 2 aromatic carbocycles. The van der Waals surface area contributed by atoms with Crippen molar-refractivity contribution in [3.8, 4) is 28.5 Å². The Morgan fingerprint density at radius 1 is 0.944 bits per heavy atom. The maximum Gasteiger partial charge on any atom is 0.101 e. The largest absolute Gasteiger partial charge is 0.276 e. The number of nitrogens with one attached hydrogen (secondary N) is 1. The Bertz CT molecular complexity index is 1740. The highest BCUT2D eigenvalue weighted by Gasteiger charge is 2.20.